The maximum atomic E-state index is 12.5. The van der Waals surface area contributed by atoms with Crippen molar-refractivity contribution in [2.45, 2.75) is 32.2 Å². The van der Waals surface area contributed by atoms with Crippen molar-refractivity contribution >= 4 is 5.91 Å². The zero-order valence-corrected chi connectivity index (χ0v) is 11.5. The Balaban J connectivity index is 1.72. The van der Waals surface area contributed by atoms with Gasteiger partial charge < -0.3 is 4.90 Å². The monoisotopic (exact) mass is 270 g/mol. The van der Waals surface area contributed by atoms with Gasteiger partial charge in [0.1, 0.15) is 5.69 Å². The molecule has 20 heavy (non-hydrogen) atoms. The molecule has 0 bridgehead atoms. The van der Waals surface area contributed by atoms with Crippen molar-refractivity contribution in [1.82, 2.24) is 20.1 Å². The smallest absolute Gasteiger partial charge is 0.274 e. The Morgan fingerprint density at radius 2 is 2.15 bits per heavy atom. The van der Waals surface area contributed by atoms with Gasteiger partial charge in [0.25, 0.3) is 5.91 Å². The van der Waals surface area contributed by atoms with E-state index in [9.17, 15) is 4.79 Å². The van der Waals surface area contributed by atoms with Crippen LogP contribution in [0.25, 0.3) is 0 Å². The van der Waals surface area contributed by atoms with Crippen molar-refractivity contribution < 1.29 is 4.79 Å². The Kier molecular flexibility index (Phi) is 3.50. The number of hydrogen-bond acceptors (Lipinski definition) is 3. The highest BCUT2D eigenvalue weighted by Gasteiger charge is 2.27. The highest BCUT2D eigenvalue weighted by Crippen LogP contribution is 2.39. The molecule has 2 aromatic heterocycles. The van der Waals surface area contributed by atoms with Gasteiger partial charge in [-0.3, -0.25) is 14.9 Å². The number of hydrogen-bond donors (Lipinski definition) is 1. The molecule has 1 amide bonds. The Morgan fingerprint density at radius 3 is 2.80 bits per heavy atom. The minimum absolute atomic E-state index is 0.0209. The van der Waals surface area contributed by atoms with Crippen LogP contribution in [0.2, 0.25) is 0 Å². The molecule has 0 radical (unpaired) electrons. The Labute approximate surface area is 118 Å². The summed E-state index contributed by atoms with van der Waals surface area (Å²) in [6.07, 6.45) is 5.88. The van der Waals surface area contributed by atoms with Crippen molar-refractivity contribution in [3.63, 3.8) is 0 Å². The molecule has 0 atom stereocenters. The van der Waals surface area contributed by atoms with Crippen LogP contribution >= 0.6 is 0 Å². The van der Waals surface area contributed by atoms with E-state index < -0.39 is 0 Å². The number of H-pyrrole nitrogens is 1. The molecule has 0 spiro atoms. The zero-order chi connectivity index (χ0) is 13.9. The molecule has 2 heterocycles. The molecule has 5 heteroatoms. The first-order valence-corrected chi connectivity index (χ1v) is 7.01. The fourth-order valence-electron chi connectivity index (χ4n) is 2.25. The normalized spacial score (nSPS) is 14.2. The standard InChI is InChI=1S/C15H18N4O/c1-2-19(10-11-5-7-16-8-6-11)15(20)14-9-13(17-18-14)12-3-4-12/h5-9,12H,2-4,10H2,1H3,(H,17,18). The molecule has 1 saturated carbocycles. The molecule has 3 rings (SSSR count). The molecule has 5 nitrogen and oxygen atoms in total. The van der Waals surface area contributed by atoms with Crippen LogP contribution in [0.15, 0.2) is 30.6 Å². The van der Waals surface area contributed by atoms with Gasteiger partial charge in [0.05, 0.1) is 0 Å². The Hall–Kier alpha value is -2.17. The second-order valence-corrected chi connectivity index (χ2v) is 5.16. The number of nitrogens with zero attached hydrogens (tertiary/aromatic N) is 3. The van der Waals surface area contributed by atoms with E-state index in [0.29, 0.717) is 24.7 Å². The largest absolute Gasteiger partial charge is 0.333 e. The van der Waals surface area contributed by atoms with E-state index in [4.69, 9.17) is 0 Å². The summed E-state index contributed by atoms with van der Waals surface area (Å²) in [6, 6.07) is 5.75. The van der Waals surface area contributed by atoms with E-state index >= 15 is 0 Å². The molecule has 1 aliphatic rings. The third kappa shape index (κ3) is 2.71. The predicted molar refractivity (Wildman–Crippen MR) is 75.2 cm³/mol. The number of carbonyl (C=O) groups excluding carboxylic acids is 1. The lowest BCUT2D eigenvalue weighted by atomic mass is 10.2. The van der Waals surface area contributed by atoms with E-state index in [1.54, 1.807) is 17.3 Å². The first-order chi connectivity index (χ1) is 9.78. The second kappa shape index (κ2) is 5.45. The van der Waals surface area contributed by atoms with Gasteiger partial charge >= 0.3 is 0 Å². The van der Waals surface area contributed by atoms with Crippen LogP contribution in [0.3, 0.4) is 0 Å². The summed E-state index contributed by atoms with van der Waals surface area (Å²) in [5, 5.41) is 7.14. The number of aromatic amines is 1. The molecular weight excluding hydrogens is 252 g/mol. The summed E-state index contributed by atoms with van der Waals surface area (Å²) in [4.78, 5) is 18.2. The van der Waals surface area contributed by atoms with Crippen molar-refractivity contribution in [2.24, 2.45) is 0 Å². The number of amides is 1. The van der Waals surface area contributed by atoms with Gasteiger partial charge in [-0.25, -0.2) is 0 Å². The number of nitrogens with one attached hydrogen (secondary N) is 1. The quantitative estimate of drug-likeness (QED) is 0.907. The van der Waals surface area contributed by atoms with Gasteiger partial charge in [0.2, 0.25) is 0 Å². The van der Waals surface area contributed by atoms with E-state index in [1.807, 2.05) is 25.1 Å². The predicted octanol–water partition coefficient (Wildman–Crippen LogP) is 2.34. The summed E-state index contributed by atoms with van der Waals surface area (Å²) in [7, 11) is 0. The minimum atomic E-state index is -0.0209. The molecule has 1 fully saturated rings. The SMILES string of the molecule is CCN(Cc1ccncc1)C(=O)c1cc(C2CC2)[nH]n1. The highest BCUT2D eigenvalue weighted by atomic mass is 16.2. The van der Waals surface area contributed by atoms with Crippen LogP contribution < -0.4 is 0 Å². The van der Waals surface area contributed by atoms with Gasteiger partial charge in [0, 0.05) is 37.1 Å². The Bertz CT molecular complexity index is 589. The van der Waals surface area contributed by atoms with E-state index in [-0.39, 0.29) is 5.91 Å². The van der Waals surface area contributed by atoms with Crippen molar-refractivity contribution in [3.05, 3.63) is 47.5 Å². The van der Waals surface area contributed by atoms with Crippen molar-refractivity contribution in [1.29, 1.82) is 0 Å². The third-order valence-electron chi connectivity index (χ3n) is 3.63. The summed E-state index contributed by atoms with van der Waals surface area (Å²) in [6.45, 7) is 3.23. The van der Waals surface area contributed by atoms with Crippen LogP contribution in [-0.2, 0) is 6.54 Å². The van der Waals surface area contributed by atoms with Crippen LogP contribution in [0, 0.1) is 0 Å². The Morgan fingerprint density at radius 1 is 1.40 bits per heavy atom. The van der Waals surface area contributed by atoms with Gasteiger partial charge in [-0.05, 0) is 43.5 Å². The minimum Gasteiger partial charge on any atom is -0.333 e. The molecule has 104 valence electrons. The fourth-order valence-corrected chi connectivity index (χ4v) is 2.25. The summed E-state index contributed by atoms with van der Waals surface area (Å²) >= 11 is 0. The number of carbonyl (C=O) groups is 1. The van der Waals surface area contributed by atoms with Gasteiger partial charge in [-0.15, -0.1) is 0 Å². The maximum absolute atomic E-state index is 12.5. The van der Waals surface area contributed by atoms with Crippen molar-refractivity contribution in [2.75, 3.05) is 6.54 Å². The van der Waals surface area contributed by atoms with Gasteiger partial charge in [0.15, 0.2) is 0 Å². The van der Waals surface area contributed by atoms with Crippen LogP contribution in [0.4, 0.5) is 0 Å². The summed E-state index contributed by atoms with van der Waals surface area (Å²) in [5.74, 6) is 0.562. The van der Waals surface area contributed by atoms with Gasteiger partial charge in [-0.1, -0.05) is 0 Å². The van der Waals surface area contributed by atoms with E-state index in [1.165, 1.54) is 12.8 Å². The molecule has 2 aromatic rings. The molecule has 0 aliphatic heterocycles. The van der Waals surface area contributed by atoms with Gasteiger partial charge in [-0.2, -0.15) is 5.10 Å². The average molecular weight is 270 g/mol. The lowest BCUT2D eigenvalue weighted by molar-refractivity contribution is 0.0746. The number of rotatable bonds is 5. The van der Waals surface area contributed by atoms with Crippen LogP contribution in [0.5, 0.6) is 0 Å². The average Bonchev–Trinajstić information content (AvgIpc) is 3.22. The lowest BCUT2D eigenvalue weighted by Crippen LogP contribution is -2.30. The zero-order valence-electron chi connectivity index (χ0n) is 11.5. The molecule has 0 unspecified atom stereocenters. The lowest BCUT2D eigenvalue weighted by Gasteiger charge is -2.19. The maximum Gasteiger partial charge on any atom is 0.274 e. The van der Waals surface area contributed by atoms with Crippen LogP contribution in [0.1, 0.15) is 47.4 Å². The first kappa shape index (κ1) is 12.8. The number of aromatic nitrogens is 3. The second-order valence-electron chi connectivity index (χ2n) is 5.16. The van der Waals surface area contributed by atoms with E-state index in [0.717, 1.165) is 11.3 Å². The van der Waals surface area contributed by atoms with Crippen LogP contribution in [-0.4, -0.2) is 32.5 Å². The first-order valence-electron chi connectivity index (χ1n) is 7.01. The highest BCUT2D eigenvalue weighted by molar-refractivity contribution is 5.92. The third-order valence-corrected chi connectivity index (χ3v) is 3.63. The summed E-state index contributed by atoms with van der Waals surface area (Å²) in [5.41, 5.74) is 2.68. The topological polar surface area (TPSA) is 61.9 Å². The van der Waals surface area contributed by atoms with Crippen molar-refractivity contribution in [3.8, 4) is 0 Å². The molecule has 0 saturated heterocycles. The molecular formula is C15H18N4O. The van der Waals surface area contributed by atoms with E-state index in [2.05, 4.69) is 15.2 Å². The molecule has 0 aromatic carbocycles. The molecule has 1 N–H and O–H groups in total. The summed E-state index contributed by atoms with van der Waals surface area (Å²) < 4.78 is 0. The molecule has 1 aliphatic carbocycles. The fraction of sp³-hybridized carbons (Fsp3) is 0.400. The number of pyridine rings is 1.